The molecule has 2 rings (SSSR count). The first kappa shape index (κ1) is 21.8. The van der Waals surface area contributed by atoms with Crippen LogP contribution < -0.4 is 18.9 Å². The van der Waals surface area contributed by atoms with Gasteiger partial charge in [-0.1, -0.05) is 6.07 Å². The minimum atomic E-state index is -0.640. The Hall–Kier alpha value is -3.48. The molecule has 0 aromatic heterocycles. The molecule has 0 bridgehead atoms. The number of benzene rings is 2. The quantitative estimate of drug-likeness (QED) is 0.343. The van der Waals surface area contributed by atoms with Gasteiger partial charge in [-0.25, -0.2) is 4.79 Å². The molecule has 0 saturated carbocycles. The van der Waals surface area contributed by atoms with Crippen LogP contribution >= 0.6 is 0 Å². The summed E-state index contributed by atoms with van der Waals surface area (Å²) < 4.78 is 26.1. The first-order valence-corrected chi connectivity index (χ1v) is 8.93. The number of ether oxygens (including phenoxy) is 5. The summed E-state index contributed by atoms with van der Waals surface area (Å²) in [7, 11) is 4.51. The van der Waals surface area contributed by atoms with E-state index in [2.05, 4.69) is 0 Å². The van der Waals surface area contributed by atoms with Gasteiger partial charge in [-0.05, 0) is 42.8 Å². The van der Waals surface area contributed by atoms with E-state index >= 15 is 0 Å². The molecule has 7 heteroatoms. The van der Waals surface area contributed by atoms with Crippen LogP contribution in [0.4, 0.5) is 0 Å². The zero-order chi connectivity index (χ0) is 21.2. The zero-order valence-electron chi connectivity index (χ0n) is 16.9. The third-order valence-electron chi connectivity index (χ3n) is 3.95. The molecule has 0 N–H and O–H groups in total. The number of carbonyl (C=O) groups is 2. The lowest BCUT2D eigenvalue weighted by Gasteiger charge is -2.10. The third kappa shape index (κ3) is 6.00. The van der Waals surface area contributed by atoms with Crippen molar-refractivity contribution in [2.45, 2.75) is 6.92 Å². The Labute approximate surface area is 169 Å². The summed E-state index contributed by atoms with van der Waals surface area (Å²) in [5, 5.41) is 0. The summed E-state index contributed by atoms with van der Waals surface area (Å²) in [6, 6.07) is 10.1. The lowest BCUT2D eigenvalue weighted by molar-refractivity contribution is -0.136. The number of Topliss-reactive ketones (excluding diaryl/α,β-unsaturated/α-hetero) is 1. The van der Waals surface area contributed by atoms with Gasteiger partial charge in [0, 0.05) is 12.1 Å². The first-order valence-electron chi connectivity index (χ1n) is 8.93. The minimum Gasteiger partial charge on any atom is -0.497 e. The highest BCUT2D eigenvalue weighted by molar-refractivity contribution is 6.01. The standard InChI is InChI=1S/C22H24O7/c1-5-28-19-10-6-15(12-21(19)27-4)7-11-22(24)29-14-18(23)17-9-8-16(25-2)13-20(17)26-3/h6-13H,5,14H2,1-4H3/b11-7+. The topological polar surface area (TPSA) is 80.3 Å². The number of hydrogen-bond acceptors (Lipinski definition) is 7. The molecule has 2 aromatic rings. The Morgan fingerprint density at radius 3 is 2.31 bits per heavy atom. The van der Waals surface area contributed by atoms with E-state index < -0.39 is 12.6 Å². The Balaban J connectivity index is 1.98. The molecule has 0 radical (unpaired) electrons. The van der Waals surface area contributed by atoms with Gasteiger partial charge >= 0.3 is 5.97 Å². The smallest absolute Gasteiger partial charge is 0.331 e. The van der Waals surface area contributed by atoms with Crippen LogP contribution in [0.1, 0.15) is 22.8 Å². The van der Waals surface area contributed by atoms with Gasteiger partial charge in [0.1, 0.15) is 11.5 Å². The van der Waals surface area contributed by atoms with Crippen LogP contribution in [-0.4, -0.2) is 46.3 Å². The molecular formula is C22H24O7. The van der Waals surface area contributed by atoms with E-state index in [9.17, 15) is 9.59 Å². The molecule has 0 saturated heterocycles. The first-order chi connectivity index (χ1) is 14.0. The van der Waals surface area contributed by atoms with Crippen molar-refractivity contribution in [2.24, 2.45) is 0 Å². The lowest BCUT2D eigenvalue weighted by atomic mass is 10.1. The zero-order valence-corrected chi connectivity index (χ0v) is 16.9. The Morgan fingerprint density at radius 2 is 1.66 bits per heavy atom. The van der Waals surface area contributed by atoms with Crippen molar-refractivity contribution in [1.82, 2.24) is 0 Å². The van der Waals surface area contributed by atoms with Crippen LogP contribution in [0.5, 0.6) is 23.0 Å². The van der Waals surface area contributed by atoms with Crippen LogP contribution in [0, 0.1) is 0 Å². The molecule has 0 aliphatic heterocycles. The second kappa shape index (κ2) is 10.8. The fourth-order valence-corrected chi connectivity index (χ4v) is 2.52. The molecule has 0 aliphatic rings. The Kier molecular flexibility index (Phi) is 8.09. The van der Waals surface area contributed by atoms with E-state index in [0.29, 0.717) is 35.2 Å². The van der Waals surface area contributed by atoms with Crippen molar-refractivity contribution in [3.8, 4) is 23.0 Å². The molecule has 0 unspecified atom stereocenters. The fraction of sp³-hybridized carbons (Fsp3) is 0.273. The SMILES string of the molecule is CCOc1ccc(/C=C/C(=O)OCC(=O)c2ccc(OC)cc2OC)cc1OC. The molecular weight excluding hydrogens is 376 g/mol. The lowest BCUT2D eigenvalue weighted by Crippen LogP contribution is -2.13. The van der Waals surface area contributed by atoms with Crippen molar-refractivity contribution in [1.29, 1.82) is 0 Å². The minimum absolute atomic E-state index is 0.307. The van der Waals surface area contributed by atoms with Crippen molar-refractivity contribution in [3.05, 3.63) is 53.6 Å². The Bertz CT molecular complexity index is 887. The van der Waals surface area contributed by atoms with Gasteiger partial charge in [-0.15, -0.1) is 0 Å². The summed E-state index contributed by atoms with van der Waals surface area (Å²) in [4.78, 5) is 24.3. The number of methoxy groups -OCH3 is 3. The van der Waals surface area contributed by atoms with E-state index in [-0.39, 0.29) is 5.78 Å². The molecule has 0 amide bonds. The van der Waals surface area contributed by atoms with Gasteiger partial charge in [-0.2, -0.15) is 0 Å². The number of ketones is 1. The maximum Gasteiger partial charge on any atom is 0.331 e. The van der Waals surface area contributed by atoms with Crippen molar-refractivity contribution in [2.75, 3.05) is 34.5 Å². The molecule has 29 heavy (non-hydrogen) atoms. The highest BCUT2D eigenvalue weighted by Gasteiger charge is 2.15. The number of rotatable bonds is 10. The van der Waals surface area contributed by atoms with Gasteiger partial charge in [0.05, 0.1) is 33.5 Å². The molecule has 2 aromatic carbocycles. The monoisotopic (exact) mass is 400 g/mol. The maximum atomic E-state index is 12.3. The predicted octanol–water partition coefficient (Wildman–Crippen LogP) is 3.55. The van der Waals surface area contributed by atoms with Crippen LogP contribution in [0.25, 0.3) is 6.08 Å². The van der Waals surface area contributed by atoms with Gasteiger partial charge in [0.25, 0.3) is 0 Å². The summed E-state index contributed by atoms with van der Waals surface area (Å²) >= 11 is 0. The van der Waals surface area contributed by atoms with E-state index in [1.54, 1.807) is 49.6 Å². The molecule has 0 atom stereocenters. The number of esters is 1. The summed E-state index contributed by atoms with van der Waals surface area (Å²) in [6.45, 7) is 2.00. The average Bonchev–Trinajstić information content (AvgIpc) is 2.76. The highest BCUT2D eigenvalue weighted by Crippen LogP contribution is 2.28. The summed E-state index contributed by atoms with van der Waals surface area (Å²) in [5.74, 6) is 1.07. The van der Waals surface area contributed by atoms with Crippen LogP contribution in [0.15, 0.2) is 42.5 Å². The normalized spacial score (nSPS) is 10.5. The van der Waals surface area contributed by atoms with E-state index in [0.717, 1.165) is 5.56 Å². The van der Waals surface area contributed by atoms with Crippen molar-refractivity contribution in [3.63, 3.8) is 0 Å². The summed E-state index contributed by atoms with van der Waals surface area (Å²) in [6.07, 6.45) is 2.81. The molecule has 0 aliphatic carbocycles. The van der Waals surface area contributed by atoms with E-state index in [1.807, 2.05) is 6.92 Å². The predicted molar refractivity (Wildman–Crippen MR) is 108 cm³/mol. The fourth-order valence-electron chi connectivity index (χ4n) is 2.52. The molecule has 7 nitrogen and oxygen atoms in total. The van der Waals surface area contributed by atoms with E-state index in [1.165, 1.54) is 20.3 Å². The number of carbonyl (C=O) groups excluding carboxylic acids is 2. The van der Waals surface area contributed by atoms with Crippen molar-refractivity contribution < 1.29 is 33.3 Å². The summed E-state index contributed by atoms with van der Waals surface area (Å²) in [5.41, 5.74) is 1.03. The second-order valence-corrected chi connectivity index (χ2v) is 5.77. The largest absolute Gasteiger partial charge is 0.497 e. The van der Waals surface area contributed by atoms with Crippen LogP contribution in [-0.2, 0) is 9.53 Å². The Morgan fingerprint density at radius 1 is 0.897 bits per heavy atom. The van der Waals surface area contributed by atoms with Gasteiger partial charge in [0.15, 0.2) is 18.1 Å². The second-order valence-electron chi connectivity index (χ2n) is 5.77. The molecule has 0 heterocycles. The highest BCUT2D eigenvalue weighted by atomic mass is 16.5. The van der Waals surface area contributed by atoms with Crippen LogP contribution in [0.2, 0.25) is 0 Å². The average molecular weight is 400 g/mol. The molecule has 154 valence electrons. The van der Waals surface area contributed by atoms with Gasteiger partial charge < -0.3 is 23.7 Å². The third-order valence-corrected chi connectivity index (χ3v) is 3.95. The molecule has 0 spiro atoms. The van der Waals surface area contributed by atoms with Gasteiger partial charge in [-0.3, -0.25) is 4.79 Å². The van der Waals surface area contributed by atoms with Gasteiger partial charge in [0.2, 0.25) is 5.78 Å². The maximum absolute atomic E-state index is 12.3. The molecule has 0 fully saturated rings. The van der Waals surface area contributed by atoms with E-state index in [4.69, 9.17) is 23.7 Å². The number of hydrogen-bond donors (Lipinski definition) is 0. The van der Waals surface area contributed by atoms with Crippen molar-refractivity contribution >= 4 is 17.8 Å². The van der Waals surface area contributed by atoms with Crippen LogP contribution in [0.3, 0.4) is 0 Å².